The second-order valence-electron chi connectivity index (χ2n) is 6.98. The monoisotopic (exact) mass is 422 g/mol. The Morgan fingerprint density at radius 2 is 1.84 bits per heavy atom. The third kappa shape index (κ3) is 5.42. The summed E-state index contributed by atoms with van der Waals surface area (Å²) in [6, 6.07) is 16.9. The SMILES string of the molecule is COC1=CC(OC)(OCc2ccccc2)CC(O)=C1C(=O)C=Cc1cccc(OC)c1. The third-order valence-corrected chi connectivity index (χ3v) is 4.96. The minimum Gasteiger partial charge on any atom is -0.511 e. The van der Waals surface area contributed by atoms with Crippen LogP contribution in [0.4, 0.5) is 0 Å². The predicted octanol–water partition coefficient (Wildman–Crippen LogP) is 4.58. The van der Waals surface area contributed by atoms with Gasteiger partial charge in [0.15, 0.2) is 11.6 Å². The molecule has 6 heteroatoms. The van der Waals surface area contributed by atoms with Crippen LogP contribution >= 0.6 is 0 Å². The van der Waals surface area contributed by atoms with Crippen LogP contribution in [0.1, 0.15) is 17.5 Å². The van der Waals surface area contributed by atoms with Gasteiger partial charge in [0.25, 0.3) is 0 Å². The van der Waals surface area contributed by atoms with E-state index in [1.165, 1.54) is 20.3 Å². The lowest BCUT2D eigenvalue weighted by molar-refractivity contribution is -0.200. The lowest BCUT2D eigenvalue weighted by atomic mass is 9.94. The van der Waals surface area contributed by atoms with E-state index in [1.54, 1.807) is 25.3 Å². The van der Waals surface area contributed by atoms with Gasteiger partial charge in [-0.3, -0.25) is 4.79 Å². The van der Waals surface area contributed by atoms with Crippen molar-refractivity contribution in [2.45, 2.75) is 18.8 Å². The van der Waals surface area contributed by atoms with Gasteiger partial charge in [-0.15, -0.1) is 0 Å². The number of hydrogen-bond donors (Lipinski definition) is 1. The zero-order valence-corrected chi connectivity index (χ0v) is 17.8. The Labute approximate surface area is 182 Å². The minimum atomic E-state index is -1.24. The van der Waals surface area contributed by atoms with Gasteiger partial charge >= 0.3 is 0 Å². The van der Waals surface area contributed by atoms with E-state index in [0.717, 1.165) is 11.1 Å². The largest absolute Gasteiger partial charge is 0.511 e. The summed E-state index contributed by atoms with van der Waals surface area (Å²) < 4.78 is 22.1. The fourth-order valence-corrected chi connectivity index (χ4v) is 3.27. The van der Waals surface area contributed by atoms with E-state index in [1.807, 2.05) is 48.5 Å². The Kier molecular flexibility index (Phi) is 7.28. The normalized spacial score (nSPS) is 18.7. The number of ether oxygens (including phenoxy) is 4. The summed E-state index contributed by atoms with van der Waals surface area (Å²) in [6.07, 6.45) is 4.61. The first-order valence-electron chi connectivity index (χ1n) is 9.79. The van der Waals surface area contributed by atoms with Crippen LogP contribution in [-0.2, 0) is 25.6 Å². The first kappa shape index (κ1) is 22.3. The third-order valence-electron chi connectivity index (χ3n) is 4.96. The lowest BCUT2D eigenvalue weighted by Crippen LogP contribution is -2.37. The maximum atomic E-state index is 12.8. The molecule has 2 aromatic carbocycles. The van der Waals surface area contributed by atoms with E-state index in [-0.39, 0.29) is 35.9 Å². The summed E-state index contributed by atoms with van der Waals surface area (Å²) in [4.78, 5) is 12.8. The molecule has 0 fully saturated rings. The van der Waals surface area contributed by atoms with Gasteiger partial charge in [-0.05, 0) is 29.3 Å². The zero-order valence-electron chi connectivity index (χ0n) is 17.8. The Hall–Kier alpha value is -3.35. The quantitative estimate of drug-likeness (QED) is 0.471. The highest BCUT2D eigenvalue weighted by atomic mass is 16.7. The number of aliphatic hydroxyl groups is 1. The van der Waals surface area contributed by atoms with E-state index in [2.05, 4.69) is 0 Å². The number of ketones is 1. The van der Waals surface area contributed by atoms with Crippen LogP contribution in [0, 0.1) is 0 Å². The molecule has 0 aromatic heterocycles. The van der Waals surface area contributed by atoms with Gasteiger partial charge in [-0.1, -0.05) is 48.5 Å². The summed E-state index contributed by atoms with van der Waals surface area (Å²) in [5, 5.41) is 10.7. The second-order valence-corrected chi connectivity index (χ2v) is 6.98. The van der Waals surface area contributed by atoms with Gasteiger partial charge < -0.3 is 24.1 Å². The molecular formula is C25H26O6. The topological polar surface area (TPSA) is 74.2 Å². The highest BCUT2D eigenvalue weighted by Crippen LogP contribution is 2.35. The van der Waals surface area contributed by atoms with Gasteiger partial charge in [0.2, 0.25) is 0 Å². The van der Waals surface area contributed by atoms with Crippen LogP contribution in [0.25, 0.3) is 6.08 Å². The van der Waals surface area contributed by atoms with E-state index < -0.39 is 5.79 Å². The fraction of sp³-hybridized carbons (Fsp3) is 0.240. The molecular weight excluding hydrogens is 396 g/mol. The summed E-state index contributed by atoms with van der Waals surface area (Å²) in [5.74, 6) is -0.909. The Morgan fingerprint density at radius 3 is 2.52 bits per heavy atom. The van der Waals surface area contributed by atoms with Crippen molar-refractivity contribution in [3.8, 4) is 5.75 Å². The van der Waals surface area contributed by atoms with Crippen molar-refractivity contribution in [2.24, 2.45) is 0 Å². The molecule has 0 saturated carbocycles. The average molecular weight is 422 g/mol. The summed E-state index contributed by atoms with van der Waals surface area (Å²) in [6.45, 7) is 0.272. The maximum absolute atomic E-state index is 12.8. The average Bonchev–Trinajstić information content (AvgIpc) is 2.81. The van der Waals surface area contributed by atoms with Crippen LogP contribution in [-0.4, -0.2) is 38.0 Å². The molecule has 0 aliphatic heterocycles. The first-order valence-corrected chi connectivity index (χ1v) is 9.79. The molecule has 0 amide bonds. The van der Waals surface area contributed by atoms with Gasteiger partial charge in [-0.2, -0.15) is 0 Å². The minimum absolute atomic E-state index is 0.0166. The molecule has 0 spiro atoms. The number of allylic oxidation sites excluding steroid dienone is 2. The van der Waals surface area contributed by atoms with Crippen molar-refractivity contribution in [2.75, 3.05) is 21.3 Å². The number of carbonyl (C=O) groups excluding carboxylic acids is 1. The van der Waals surface area contributed by atoms with Crippen LogP contribution < -0.4 is 4.74 Å². The number of benzene rings is 2. The standard InChI is InChI=1S/C25H26O6/c1-28-20-11-7-10-18(14-20)12-13-21(26)24-22(27)15-25(30-3,16-23(24)29-2)31-17-19-8-5-4-6-9-19/h4-14,16,27H,15,17H2,1-3H3. The molecule has 6 nitrogen and oxygen atoms in total. The molecule has 31 heavy (non-hydrogen) atoms. The molecule has 1 atom stereocenters. The highest BCUT2D eigenvalue weighted by molar-refractivity contribution is 6.09. The molecule has 0 saturated heterocycles. The number of carbonyl (C=O) groups is 1. The van der Waals surface area contributed by atoms with Gasteiger partial charge in [0.05, 0.1) is 27.2 Å². The van der Waals surface area contributed by atoms with Crippen LogP contribution in [0.2, 0.25) is 0 Å². The molecule has 0 heterocycles. The molecule has 0 radical (unpaired) electrons. The number of hydrogen-bond acceptors (Lipinski definition) is 6. The first-order chi connectivity index (χ1) is 15.0. The Bertz CT molecular complexity index is 1010. The molecule has 0 bridgehead atoms. The van der Waals surface area contributed by atoms with Crippen molar-refractivity contribution in [1.29, 1.82) is 0 Å². The van der Waals surface area contributed by atoms with Crippen LogP contribution in [0.15, 0.2) is 83.8 Å². The van der Waals surface area contributed by atoms with E-state index >= 15 is 0 Å². The predicted molar refractivity (Wildman–Crippen MR) is 117 cm³/mol. The van der Waals surface area contributed by atoms with Gasteiger partial charge in [0.1, 0.15) is 22.8 Å². The number of methoxy groups -OCH3 is 3. The maximum Gasteiger partial charge on any atom is 0.198 e. The Morgan fingerprint density at radius 1 is 1.06 bits per heavy atom. The smallest absolute Gasteiger partial charge is 0.198 e. The van der Waals surface area contributed by atoms with Crippen molar-refractivity contribution < 1.29 is 28.8 Å². The molecule has 162 valence electrons. The van der Waals surface area contributed by atoms with E-state index in [4.69, 9.17) is 18.9 Å². The van der Waals surface area contributed by atoms with Crippen molar-refractivity contribution >= 4 is 11.9 Å². The molecule has 1 unspecified atom stereocenters. The van der Waals surface area contributed by atoms with Gasteiger partial charge in [0, 0.05) is 13.2 Å². The molecule has 1 aliphatic carbocycles. The van der Waals surface area contributed by atoms with Crippen LogP contribution in [0.3, 0.4) is 0 Å². The van der Waals surface area contributed by atoms with Crippen molar-refractivity contribution in [1.82, 2.24) is 0 Å². The van der Waals surface area contributed by atoms with Crippen LogP contribution in [0.5, 0.6) is 5.75 Å². The van der Waals surface area contributed by atoms with Crippen molar-refractivity contribution in [3.63, 3.8) is 0 Å². The molecule has 1 N–H and O–H groups in total. The number of rotatable bonds is 9. The summed E-state index contributed by atoms with van der Waals surface area (Å²) >= 11 is 0. The summed E-state index contributed by atoms with van der Waals surface area (Å²) in [5.41, 5.74) is 1.83. The van der Waals surface area contributed by atoms with Gasteiger partial charge in [-0.25, -0.2) is 0 Å². The molecule has 2 aromatic rings. The van der Waals surface area contributed by atoms with Crippen molar-refractivity contribution in [3.05, 3.63) is 95.0 Å². The number of aliphatic hydroxyl groups excluding tert-OH is 1. The zero-order chi connectivity index (χ0) is 22.3. The summed E-state index contributed by atoms with van der Waals surface area (Å²) in [7, 11) is 4.50. The lowest BCUT2D eigenvalue weighted by Gasteiger charge is -2.33. The van der Waals surface area contributed by atoms with E-state index in [0.29, 0.717) is 5.75 Å². The fourth-order valence-electron chi connectivity index (χ4n) is 3.27. The highest BCUT2D eigenvalue weighted by Gasteiger charge is 2.38. The molecule has 3 rings (SSSR count). The second kappa shape index (κ2) is 10.1. The Balaban J connectivity index is 1.80. The molecule has 1 aliphatic rings. The van der Waals surface area contributed by atoms with E-state index in [9.17, 15) is 9.90 Å².